The molecular weight excluding hydrogens is 404 g/mol. The lowest BCUT2D eigenvalue weighted by Gasteiger charge is -2.33. The van der Waals surface area contributed by atoms with Crippen molar-refractivity contribution < 1.29 is 19.1 Å². The van der Waals surface area contributed by atoms with Crippen molar-refractivity contribution in [3.63, 3.8) is 0 Å². The minimum absolute atomic E-state index is 0.0976. The van der Waals surface area contributed by atoms with Crippen molar-refractivity contribution in [2.45, 2.75) is 26.4 Å². The number of rotatable bonds is 7. The van der Waals surface area contributed by atoms with Gasteiger partial charge in [-0.3, -0.25) is 9.59 Å². The minimum atomic E-state index is -0.554. The molecule has 1 aliphatic heterocycles. The quantitative estimate of drug-likeness (QED) is 0.604. The van der Waals surface area contributed by atoms with Gasteiger partial charge in [0, 0.05) is 12.2 Å². The van der Waals surface area contributed by atoms with Gasteiger partial charge in [0.25, 0.3) is 11.8 Å². The zero-order chi connectivity index (χ0) is 22.5. The summed E-state index contributed by atoms with van der Waals surface area (Å²) in [6.07, 6.45) is 0.168. The van der Waals surface area contributed by atoms with Gasteiger partial charge in [-0.15, -0.1) is 0 Å². The third kappa shape index (κ3) is 5.09. The Balaban J connectivity index is 1.45. The molecule has 1 atom stereocenters. The first-order chi connectivity index (χ1) is 15.5. The van der Waals surface area contributed by atoms with Crippen molar-refractivity contribution in [3.8, 4) is 11.5 Å². The van der Waals surface area contributed by atoms with Crippen LogP contribution in [0.5, 0.6) is 11.5 Å². The van der Waals surface area contributed by atoms with Gasteiger partial charge in [-0.25, -0.2) is 0 Å². The monoisotopic (exact) mass is 430 g/mol. The molecule has 0 bridgehead atoms. The van der Waals surface area contributed by atoms with Crippen LogP contribution in [-0.2, 0) is 16.0 Å². The minimum Gasteiger partial charge on any atom is -0.484 e. The number of nitrogens with zero attached hydrogens (tertiary/aromatic N) is 1. The second kappa shape index (κ2) is 9.56. The Kier molecular flexibility index (Phi) is 6.40. The first kappa shape index (κ1) is 21.4. The summed E-state index contributed by atoms with van der Waals surface area (Å²) in [7, 11) is 0. The number of hydrogen-bond acceptors (Lipinski definition) is 4. The average molecular weight is 431 g/mol. The molecular formula is C26H26N2O4. The maximum Gasteiger partial charge on any atom is 0.267 e. The summed E-state index contributed by atoms with van der Waals surface area (Å²) < 4.78 is 11.3. The molecule has 2 amide bonds. The van der Waals surface area contributed by atoms with Gasteiger partial charge in [0.2, 0.25) is 0 Å². The third-order valence-electron chi connectivity index (χ3n) is 5.31. The molecule has 4 rings (SSSR count). The lowest BCUT2D eigenvalue weighted by atomic mass is 10.1. The Morgan fingerprint density at radius 2 is 1.81 bits per heavy atom. The third-order valence-corrected chi connectivity index (χ3v) is 5.31. The number of fused-ring (bicyclic) bond motifs is 1. The van der Waals surface area contributed by atoms with E-state index in [9.17, 15) is 9.59 Å². The normalized spacial score (nSPS) is 15.0. The van der Waals surface area contributed by atoms with Crippen LogP contribution in [0.1, 0.15) is 18.1 Å². The van der Waals surface area contributed by atoms with E-state index in [4.69, 9.17) is 9.47 Å². The Labute approximate surface area is 187 Å². The van der Waals surface area contributed by atoms with Gasteiger partial charge in [-0.1, -0.05) is 48.0 Å². The highest BCUT2D eigenvalue weighted by Gasteiger charge is 2.31. The number of amides is 2. The highest BCUT2D eigenvalue weighted by Crippen LogP contribution is 2.36. The summed E-state index contributed by atoms with van der Waals surface area (Å²) in [6, 6.07) is 22.9. The predicted molar refractivity (Wildman–Crippen MR) is 124 cm³/mol. The van der Waals surface area contributed by atoms with Crippen LogP contribution in [0.3, 0.4) is 0 Å². The summed E-state index contributed by atoms with van der Waals surface area (Å²) in [6.45, 7) is 4.16. The number of aryl methyl sites for hydroxylation is 1. The lowest BCUT2D eigenvalue weighted by Crippen LogP contribution is -2.45. The van der Waals surface area contributed by atoms with E-state index in [0.717, 1.165) is 17.5 Å². The van der Waals surface area contributed by atoms with Gasteiger partial charge in [0.1, 0.15) is 11.5 Å². The number of carbonyl (C=O) groups is 2. The molecule has 1 unspecified atom stereocenters. The van der Waals surface area contributed by atoms with E-state index in [1.165, 1.54) is 0 Å². The Hall–Kier alpha value is -3.80. The van der Waals surface area contributed by atoms with Crippen LogP contribution >= 0.6 is 0 Å². The predicted octanol–water partition coefficient (Wildman–Crippen LogP) is 4.37. The Morgan fingerprint density at radius 1 is 1.06 bits per heavy atom. The van der Waals surface area contributed by atoms with Crippen molar-refractivity contribution in [1.29, 1.82) is 0 Å². The molecule has 0 saturated heterocycles. The van der Waals surface area contributed by atoms with E-state index in [0.29, 0.717) is 29.4 Å². The van der Waals surface area contributed by atoms with Gasteiger partial charge >= 0.3 is 0 Å². The fourth-order valence-corrected chi connectivity index (χ4v) is 3.58. The largest absolute Gasteiger partial charge is 0.484 e. The van der Waals surface area contributed by atoms with Gasteiger partial charge in [0.15, 0.2) is 12.7 Å². The molecule has 0 saturated carbocycles. The summed E-state index contributed by atoms with van der Waals surface area (Å²) in [5.41, 5.74) is 3.51. The fraction of sp³-hybridized carbons (Fsp3) is 0.231. The molecule has 1 aliphatic rings. The average Bonchev–Trinajstić information content (AvgIpc) is 2.80. The first-order valence-electron chi connectivity index (χ1n) is 10.6. The molecule has 0 radical (unpaired) electrons. The summed E-state index contributed by atoms with van der Waals surface area (Å²) in [5, 5.41) is 2.84. The van der Waals surface area contributed by atoms with Gasteiger partial charge in [-0.2, -0.15) is 0 Å². The van der Waals surface area contributed by atoms with E-state index in [1.807, 2.05) is 61.5 Å². The van der Waals surface area contributed by atoms with Gasteiger partial charge in [0.05, 0.1) is 5.69 Å². The molecule has 1 heterocycles. The number of hydrogen-bond donors (Lipinski definition) is 1. The van der Waals surface area contributed by atoms with Crippen LogP contribution in [0.15, 0.2) is 72.8 Å². The highest BCUT2D eigenvalue weighted by atomic mass is 16.5. The second-order valence-electron chi connectivity index (χ2n) is 7.82. The molecule has 32 heavy (non-hydrogen) atoms. The molecule has 164 valence electrons. The van der Waals surface area contributed by atoms with Crippen LogP contribution in [0, 0.1) is 6.92 Å². The van der Waals surface area contributed by atoms with E-state index in [-0.39, 0.29) is 18.4 Å². The van der Waals surface area contributed by atoms with Crippen LogP contribution in [0.4, 0.5) is 11.4 Å². The number of anilines is 2. The number of nitrogens with one attached hydrogen (secondary N) is 1. The molecule has 6 heteroatoms. The molecule has 1 N–H and O–H groups in total. The van der Waals surface area contributed by atoms with E-state index >= 15 is 0 Å². The lowest BCUT2D eigenvalue weighted by molar-refractivity contribution is -0.125. The van der Waals surface area contributed by atoms with Crippen LogP contribution < -0.4 is 19.7 Å². The van der Waals surface area contributed by atoms with Gasteiger partial charge < -0.3 is 19.7 Å². The second-order valence-corrected chi connectivity index (χ2v) is 7.82. The number of carbonyl (C=O) groups excluding carboxylic acids is 2. The smallest absolute Gasteiger partial charge is 0.267 e. The molecule has 3 aromatic rings. The van der Waals surface area contributed by atoms with Crippen LogP contribution in [0.2, 0.25) is 0 Å². The van der Waals surface area contributed by atoms with Crippen LogP contribution in [0.25, 0.3) is 0 Å². The summed E-state index contributed by atoms with van der Waals surface area (Å²) >= 11 is 0. The van der Waals surface area contributed by atoms with Gasteiger partial charge in [-0.05, 0) is 56.2 Å². The fourth-order valence-electron chi connectivity index (χ4n) is 3.58. The SMILES string of the molecule is Cc1ccc(OCC(=O)Nc2ccc3c(c2)N(CCc2ccccc2)C(=O)C(C)O3)cc1. The van der Waals surface area contributed by atoms with Crippen molar-refractivity contribution in [1.82, 2.24) is 0 Å². The first-order valence-corrected chi connectivity index (χ1v) is 10.6. The molecule has 0 aliphatic carbocycles. The van der Waals surface area contributed by atoms with E-state index in [1.54, 1.807) is 30.0 Å². The Bertz CT molecular complexity index is 1100. The summed E-state index contributed by atoms with van der Waals surface area (Å²) in [4.78, 5) is 26.9. The maximum absolute atomic E-state index is 12.8. The number of benzene rings is 3. The highest BCUT2D eigenvalue weighted by molar-refractivity contribution is 6.01. The van der Waals surface area contributed by atoms with Crippen molar-refractivity contribution in [2.75, 3.05) is 23.4 Å². The topological polar surface area (TPSA) is 67.9 Å². The molecule has 3 aromatic carbocycles. The Morgan fingerprint density at radius 3 is 2.56 bits per heavy atom. The standard InChI is InChI=1S/C26H26N2O4/c1-18-8-11-22(12-9-18)31-17-25(29)27-21-10-13-24-23(16-21)28(26(30)19(2)32-24)15-14-20-6-4-3-5-7-20/h3-13,16,19H,14-15,17H2,1-2H3,(H,27,29). The van der Waals surface area contributed by atoms with E-state index in [2.05, 4.69) is 5.32 Å². The van der Waals surface area contributed by atoms with E-state index < -0.39 is 6.10 Å². The molecule has 0 aromatic heterocycles. The molecule has 0 spiro atoms. The number of ether oxygens (including phenoxy) is 2. The van der Waals surface area contributed by atoms with Crippen molar-refractivity contribution in [3.05, 3.63) is 83.9 Å². The molecule has 6 nitrogen and oxygen atoms in total. The zero-order valence-electron chi connectivity index (χ0n) is 18.2. The molecule has 0 fully saturated rings. The van der Waals surface area contributed by atoms with Crippen molar-refractivity contribution >= 4 is 23.2 Å². The van der Waals surface area contributed by atoms with Crippen LogP contribution in [-0.4, -0.2) is 31.1 Å². The summed E-state index contributed by atoms with van der Waals surface area (Å²) in [5.74, 6) is 0.882. The van der Waals surface area contributed by atoms with Crippen molar-refractivity contribution in [2.24, 2.45) is 0 Å². The zero-order valence-corrected chi connectivity index (χ0v) is 18.2. The maximum atomic E-state index is 12.8.